The Balaban J connectivity index is 1.41. The van der Waals surface area contributed by atoms with Crippen molar-refractivity contribution >= 4 is 35.9 Å². The fourth-order valence-electron chi connectivity index (χ4n) is 3.61. The molecule has 0 aliphatic carbocycles. The van der Waals surface area contributed by atoms with Crippen molar-refractivity contribution in [3.8, 4) is 11.1 Å². The standard InChI is InChI=1S/C23H22BNO3S/c1-29-21-11-8-16(9-12-21)18-5-3-7-20(14-18)25-22(26)13-10-17-4-2-6-19-15-28-24(27)23(17)19/h2-9,11-12,14,27H,10,13,15H2,1H3,(H,25,26). The maximum atomic E-state index is 12.5. The van der Waals surface area contributed by atoms with Gasteiger partial charge in [-0.2, -0.15) is 0 Å². The molecule has 4 nitrogen and oxygen atoms in total. The molecule has 3 aromatic carbocycles. The van der Waals surface area contributed by atoms with E-state index in [0.717, 1.165) is 33.4 Å². The van der Waals surface area contributed by atoms with Gasteiger partial charge in [0, 0.05) is 17.0 Å². The van der Waals surface area contributed by atoms with E-state index >= 15 is 0 Å². The quantitative estimate of drug-likeness (QED) is 0.485. The Bertz CT molecular complexity index is 1020. The molecule has 0 aromatic heterocycles. The van der Waals surface area contributed by atoms with Crippen molar-refractivity contribution in [2.45, 2.75) is 24.3 Å². The number of aryl methyl sites for hydroxylation is 1. The van der Waals surface area contributed by atoms with E-state index in [9.17, 15) is 9.82 Å². The van der Waals surface area contributed by atoms with Crippen LogP contribution in [-0.4, -0.2) is 24.3 Å². The summed E-state index contributed by atoms with van der Waals surface area (Å²) in [7, 11) is -0.890. The van der Waals surface area contributed by atoms with Gasteiger partial charge in [0.05, 0.1) is 6.61 Å². The lowest BCUT2D eigenvalue weighted by Crippen LogP contribution is -2.31. The fraction of sp³-hybridized carbons (Fsp3) is 0.174. The number of benzene rings is 3. The van der Waals surface area contributed by atoms with E-state index in [1.165, 1.54) is 4.90 Å². The molecule has 4 rings (SSSR count). The van der Waals surface area contributed by atoms with Crippen LogP contribution in [0.15, 0.2) is 71.6 Å². The van der Waals surface area contributed by atoms with Crippen molar-refractivity contribution in [3.63, 3.8) is 0 Å². The summed E-state index contributed by atoms with van der Waals surface area (Å²) < 4.78 is 5.29. The van der Waals surface area contributed by atoms with Gasteiger partial charge in [0.2, 0.25) is 5.91 Å². The van der Waals surface area contributed by atoms with Crippen LogP contribution in [0, 0.1) is 0 Å². The van der Waals surface area contributed by atoms with Gasteiger partial charge in [-0.15, -0.1) is 11.8 Å². The highest BCUT2D eigenvalue weighted by atomic mass is 32.2. The Labute approximate surface area is 175 Å². The van der Waals surface area contributed by atoms with E-state index in [1.807, 2.05) is 42.5 Å². The first-order valence-corrected chi connectivity index (χ1v) is 10.8. The average Bonchev–Trinajstić information content (AvgIpc) is 3.14. The van der Waals surface area contributed by atoms with Crippen LogP contribution in [0.4, 0.5) is 5.69 Å². The smallest absolute Gasteiger partial charge is 0.423 e. The number of carbonyl (C=O) groups is 1. The zero-order valence-corrected chi connectivity index (χ0v) is 17.0. The van der Waals surface area contributed by atoms with Gasteiger partial charge in [-0.05, 0) is 64.7 Å². The lowest BCUT2D eigenvalue weighted by atomic mass is 9.75. The molecule has 0 saturated carbocycles. The van der Waals surface area contributed by atoms with Gasteiger partial charge in [-0.25, -0.2) is 0 Å². The molecular weight excluding hydrogens is 381 g/mol. The molecule has 1 heterocycles. The van der Waals surface area contributed by atoms with E-state index in [0.29, 0.717) is 19.4 Å². The van der Waals surface area contributed by atoms with Crippen LogP contribution in [0.3, 0.4) is 0 Å². The van der Waals surface area contributed by atoms with Crippen LogP contribution in [-0.2, 0) is 22.5 Å². The summed E-state index contributed by atoms with van der Waals surface area (Å²) in [5, 5.41) is 13.0. The average molecular weight is 403 g/mol. The van der Waals surface area contributed by atoms with E-state index in [4.69, 9.17) is 4.65 Å². The molecule has 0 unspecified atom stereocenters. The summed E-state index contributed by atoms with van der Waals surface area (Å²) in [6, 6.07) is 22.1. The SMILES string of the molecule is CSc1ccc(-c2cccc(NC(=O)CCc3cccc4c3B(O)OC4)c2)cc1. The molecule has 1 amide bonds. The van der Waals surface area contributed by atoms with Crippen LogP contribution in [0.25, 0.3) is 11.1 Å². The third-order valence-corrected chi connectivity index (χ3v) is 5.87. The van der Waals surface area contributed by atoms with E-state index in [1.54, 1.807) is 11.8 Å². The van der Waals surface area contributed by atoms with Crippen molar-refractivity contribution in [1.82, 2.24) is 0 Å². The summed E-state index contributed by atoms with van der Waals surface area (Å²) in [5.41, 5.74) is 5.74. The molecule has 2 N–H and O–H groups in total. The third-order valence-electron chi connectivity index (χ3n) is 5.12. The predicted molar refractivity (Wildman–Crippen MR) is 119 cm³/mol. The summed E-state index contributed by atoms with van der Waals surface area (Å²) in [6.45, 7) is 0.418. The molecule has 1 aliphatic rings. The van der Waals surface area contributed by atoms with E-state index in [-0.39, 0.29) is 5.91 Å². The molecule has 0 saturated heterocycles. The number of nitrogens with one attached hydrogen (secondary N) is 1. The zero-order valence-electron chi connectivity index (χ0n) is 16.2. The number of hydrogen-bond acceptors (Lipinski definition) is 4. The lowest BCUT2D eigenvalue weighted by molar-refractivity contribution is -0.116. The van der Waals surface area contributed by atoms with Crippen molar-refractivity contribution in [2.75, 3.05) is 11.6 Å². The van der Waals surface area contributed by atoms with Crippen molar-refractivity contribution in [3.05, 3.63) is 77.9 Å². The molecule has 6 heteroatoms. The molecular formula is C23H22BNO3S. The number of hydrogen-bond donors (Lipinski definition) is 2. The van der Waals surface area contributed by atoms with Crippen LogP contribution in [0.1, 0.15) is 17.5 Å². The first-order valence-electron chi connectivity index (χ1n) is 9.59. The monoisotopic (exact) mass is 403 g/mol. The first-order chi connectivity index (χ1) is 14.1. The second kappa shape index (κ2) is 8.86. The fourth-order valence-corrected chi connectivity index (χ4v) is 4.02. The number of fused-ring (bicyclic) bond motifs is 1. The largest absolute Gasteiger partial charge is 0.492 e. The number of rotatable bonds is 6. The number of amides is 1. The summed E-state index contributed by atoms with van der Waals surface area (Å²) in [5.74, 6) is -0.0501. The number of thioether (sulfide) groups is 1. The second-order valence-electron chi connectivity index (χ2n) is 7.01. The maximum absolute atomic E-state index is 12.5. The topological polar surface area (TPSA) is 58.6 Å². The number of anilines is 1. The molecule has 146 valence electrons. The van der Waals surface area contributed by atoms with Gasteiger partial charge in [-0.1, -0.05) is 42.5 Å². The van der Waals surface area contributed by atoms with Crippen molar-refractivity contribution in [1.29, 1.82) is 0 Å². The van der Waals surface area contributed by atoms with Gasteiger partial charge in [0.25, 0.3) is 0 Å². The molecule has 1 aliphatic heterocycles. The Morgan fingerprint density at radius 1 is 1.10 bits per heavy atom. The van der Waals surface area contributed by atoms with E-state index < -0.39 is 7.12 Å². The van der Waals surface area contributed by atoms with Crippen LogP contribution < -0.4 is 10.8 Å². The van der Waals surface area contributed by atoms with Gasteiger partial charge in [0.15, 0.2) is 0 Å². The lowest BCUT2D eigenvalue weighted by Gasteiger charge is -2.10. The minimum Gasteiger partial charge on any atom is -0.423 e. The van der Waals surface area contributed by atoms with Gasteiger partial charge >= 0.3 is 7.12 Å². The van der Waals surface area contributed by atoms with E-state index in [2.05, 4.69) is 35.8 Å². The zero-order chi connectivity index (χ0) is 20.2. The minimum absolute atomic E-state index is 0.0501. The minimum atomic E-state index is -0.890. The van der Waals surface area contributed by atoms with Crippen LogP contribution >= 0.6 is 11.8 Å². The highest BCUT2D eigenvalue weighted by molar-refractivity contribution is 7.98. The Morgan fingerprint density at radius 3 is 2.69 bits per heavy atom. The maximum Gasteiger partial charge on any atom is 0.492 e. The van der Waals surface area contributed by atoms with Crippen LogP contribution in [0.2, 0.25) is 0 Å². The number of carbonyl (C=O) groups excluding carboxylic acids is 1. The highest BCUT2D eigenvalue weighted by Crippen LogP contribution is 2.25. The molecule has 0 radical (unpaired) electrons. The highest BCUT2D eigenvalue weighted by Gasteiger charge is 2.29. The Morgan fingerprint density at radius 2 is 1.90 bits per heavy atom. The molecule has 3 aromatic rings. The first kappa shape index (κ1) is 19.8. The van der Waals surface area contributed by atoms with Gasteiger partial charge < -0.3 is 15.0 Å². The van der Waals surface area contributed by atoms with Crippen LogP contribution in [0.5, 0.6) is 0 Å². The third kappa shape index (κ3) is 4.56. The van der Waals surface area contributed by atoms with Crippen molar-refractivity contribution < 1.29 is 14.5 Å². The molecule has 0 atom stereocenters. The molecule has 0 fully saturated rings. The second-order valence-corrected chi connectivity index (χ2v) is 7.89. The normalized spacial score (nSPS) is 12.7. The molecule has 29 heavy (non-hydrogen) atoms. The van der Waals surface area contributed by atoms with Gasteiger partial charge in [0.1, 0.15) is 0 Å². The predicted octanol–water partition coefficient (Wildman–Crippen LogP) is 3.86. The van der Waals surface area contributed by atoms with Crippen molar-refractivity contribution in [2.24, 2.45) is 0 Å². The van der Waals surface area contributed by atoms with Gasteiger partial charge in [-0.3, -0.25) is 4.79 Å². The summed E-state index contributed by atoms with van der Waals surface area (Å²) >= 11 is 1.71. The summed E-state index contributed by atoms with van der Waals surface area (Å²) in [4.78, 5) is 13.7. The summed E-state index contributed by atoms with van der Waals surface area (Å²) in [6.07, 6.45) is 2.96. The molecule has 0 bridgehead atoms. The Hall–Kier alpha value is -2.54. The molecule has 0 spiro atoms. The Kier molecular flexibility index (Phi) is 6.04.